The molecule has 1 heterocycles. The molecule has 0 atom stereocenters. The molecule has 3 aromatic rings. The Balaban J connectivity index is 1.81. The number of nitrogens with one attached hydrogen (secondary N) is 1. The van der Waals surface area contributed by atoms with Gasteiger partial charge in [-0.25, -0.2) is 4.39 Å². The summed E-state index contributed by atoms with van der Waals surface area (Å²) >= 11 is 0. The molecule has 0 saturated heterocycles. The fourth-order valence-electron chi connectivity index (χ4n) is 2.59. The Hall–Kier alpha value is -3.42. The number of aromatic nitrogens is 1. The van der Waals surface area contributed by atoms with E-state index in [0.29, 0.717) is 0 Å². The van der Waals surface area contributed by atoms with E-state index in [-0.39, 0.29) is 23.4 Å². The number of carbonyl (C=O) groups excluding carboxylic acids is 1. The lowest BCUT2D eigenvalue weighted by Crippen LogP contribution is -2.29. The maximum Gasteiger partial charge on any atom is 0.416 e. The molecule has 4 nitrogen and oxygen atoms in total. The van der Waals surface area contributed by atoms with E-state index in [1.807, 2.05) is 0 Å². The monoisotopic (exact) mass is 390 g/mol. The number of benzene rings is 2. The first kappa shape index (κ1) is 19.3. The minimum absolute atomic E-state index is 0.0626. The van der Waals surface area contributed by atoms with Gasteiger partial charge in [0.15, 0.2) is 0 Å². The zero-order chi connectivity index (χ0) is 20.3. The fraction of sp³-hybridized carbons (Fsp3) is 0.100. The van der Waals surface area contributed by atoms with Gasteiger partial charge in [0.2, 0.25) is 0 Å². The minimum Gasteiger partial charge on any atom is -0.322 e. The van der Waals surface area contributed by atoms with E-state index in [0.717, 1.165) is 24.3 Å². The first-order chi connectivity index (χ1) is 13.3. The van der Waals surface area contributed by atoms with Crippen LogP contribution in [0.2, 0.25) is 0 Å². The van der Waals surface area contributed by atoms with Crippen LogP contribution in [0.5, 0.6) is 0 Å². The van der Waals surface area contributed by atoms with Gasteiger partial charge in [0.25, 0.3) is 11.5 Å². The highest BCUT2D eigenvalue weighted by molar-refractivity contribution is 6.03. The number of anilines is 1. The van der Waals surface area contributed by atoms with E-state index in [4.69, 9.17) is 0 Å². The molecular weight excluding hydrogens is 376 g/mol. The number of carbonyl (C=O) groups is 1. The second-order valence-corrected chi connectivity index (χ2v) is 5.98. The van der Waals surface area contributed by atoms with Crippen LogP contribution in [-0.4, -0.2) is 10.5 Å². The Morgan fingerprint density at radius 3 is 2.29 bits per heavy atom. The number of pyridine rings is 1. The molecule has 144 valence electrons. The number of nitrogens with zero attached hydrogens (tertiary/aromatic N) is 1. The van der Waals surface area contributed by atoms with Crippen molar-refractivity contribution in [3.8, 4) is 0 Å². The van der Waals surface area contributed by atoms with E-state index in [9.17, 15) is 27.2 Å². The van der Waals surface area contributed by atoms with Crippen LogP contribution < -0.4 is 10.9 Å². The molecule has 0 fully saturated rings. The zero-order valence-electron chi connectivity index (χ0n) is 14.3. The molecule has 0 aliphatic heterocycles. The Morgan fingerprint density at radius 2 is 1.64 bits per heavy atom. The summed E-state index contributed by atoms with van der Waals surface area (Å²) in [5.74, 6) is -1.25. The SMILES string of the molecule is O=C(Nc1ccc(C(F)(F)F)cc1)c1cccn(Cc2ccccc2F)c1=O. The molecule has 0 saturated carbocycles. The van der Waals surface area contributed by atoms with Crippen LogP contribution in [0, 0.1) is 5.82 Å². The average Bonchev–Trinajstić information content (AvgIpc) is 2.65. The van der Waals surface area contributed by atoms with E-state index in [1.165, 1.54) is 41.1 Å². The summed E-state index contributed by atoms with van der Waals surface area (Å²) in [5, 5.41) is 2.39. The van der Waals surface area contributed by atoms with Crippen molar-refractivity contribution in [2.45, 2.75) is 12.7 Å². The zero-order valence-corrected chi connectivity index (χ0v) is 14.3. The molecule has 1 aromatic heterocycles. The Morgan fingerprint density at radius 1 is 0.964 bits per heavy atom. The highest BCUT2D eigenvalue weighted by Gasteiger charge is 2.30. The minimum atomic E-state index is -4.48. The maximum atomic E-state index is 13.8. The summed E-state index contributed by atoms with van der Waals surface area (Å²) in [5.41, 5.74) is -1.31. The molecule has 1 amide bonds. The van der Waals surface area contributed by atoms with Gasteiger partial charge < -0.3 is 9.88 Å². The quantitative estimate of drug-likeness (QED) is 0.675. The van der Waals surface area contributed by atoms with Gasteiger partial charge in [0, 0.05) is 17.4 Å². The molecule has 2 aromatic carbocycles. The van der Waals surface area contributed by atoms with Crippen LogP contribution in [0.25, 0.3) is 0 Å². The first-order valence-electron chi connectivity index (χ1n) is 8.17. The number of amides is 1. The summed E-state index contributed by atoms with van der Waals surface area (Å²) in [7, 11) is 0. The van der Waals surface area contributed by atoms with Gasteiger partial charge in [-0.05, 0) is 42.5 Å². The van der Waals surface area contributed by atoms with Gasteiger partial charge >= 0.3 is 6.18 Å². The van der Waals surface area contributed by atoms with E-state index < -0.39 is 29.0 Å². The predicted molar refractivity (Wildman–Crippen MR) is 95.6 cm³/mol. The number of rotatable bonds is 4. The molecular formula is C20H14F4N2O2. The van der Waals surface area contributed by atoms with Crippen molar-refractivity contribution in [2.75, 3.05) is 5.32 Å². The lowest BCUT2D eigenvalue weighted by atomic mass is 10.2. The predicted octanol–water partition coefficient (Wildman–Crippen LogP) is 4.31. The lowest BCUT2D eigenvalue weighted by molar-refractivity contribution is -0.137. The summed E-state index contributed by atoms with van der Waals surface area (Å²) in [6, 6.07) is 12.6. The Bertz CT molecular complexity index is 1060. The van der Waals surface area contributed by atoms with Crippen molar-refractivity contribution in [3.63, 3.8) is 0 Å². The van der Waals surface area contributed by atoms with Crippen molar-refractivity contribution in [3.05, 3.63) is 99.7 Å². The maximum absolute atomic E-state index is 13.8. The topological polar surface area (TPSA) is 51.1 Å². The first-order valence-corrected chi connectivity index (χ1v) is 8.17. The van der Waals surface area contributed by atoms with Crippen molar-refractivity contribution in [1.29, 1.82) is 0 Å². The van der Waals surface area contributed by atoms with Crippen LogP contribution >= 0.6 is 0 Å². The van der Waals surface area contributed by atoms with Crippen molar-refractivity contribution in [2.24, 2.45) is 0 Å². The molecule has 1 N–H and O–H groups in total. The normalized spacial score (nSPS) is 11.3. The average molecular weight is 390 g/mol. The smallest absolute Gasteiger partial charge is 0.322 e. The van der Waals surface area contributed by atoms with Crippen LogP contribution in [0.3, 0.4) is 0 Å². The molecule has 0 aliphatic carbocycles. The van der Waals surface area contributed by atoms with Gasteiger partial charge in [-0.1, -0.05) is 18.2 Å². The van der Waals surface area contributed by atoms with Crippen molar-refractivity contribution < 1.29 is 22.4 Å². The number of halogens is 4. The molecule has 0 spiro atoms. The molecule has 0 unspecified atom stereocenters. The van der Waals surface area contributed by atoms with Crippen LogP contribution in [-0.2, 0) is 12.7 Å². The van der Waals surface area contributed by atoms with Crippen LogP contribution in [0.1, 0.15) is 21.5 Å². The summed E-state index contributed by atoms with van der Waals surface area (Å²) in [6.45, 7) is -0.0626. The third-order valence-corrected chi connectivity index (χ3v) is 4.03. The fourth-order valence-corrected chi connectivity index (χ4v) is 2.59. The lowest BCUT2D eigenvalue weighted by Gasteiger charge is -2.10. The summed E-state index contributed by atoms with van der Waals surface area (Å²) in [4.78, 5) is 24.9. The molecule has 3 rings (SSSR count). The van der Waals surface area contributed by atoms with Gasteiger partial charge in [0.05, 0.1) is 12.1 Å². The number of hydrogen-bond donors (Lipinski definition) is 1. The summed E-state index contributed by atoms with van der Waals surface area (Å²) in [6.07, 6.45) is -3.06. The standard InChI is InChI=1S/C20H14F4N2O2/c21-17-6-2-1-4-13(17)12-26-11-3-5-16(19(26)28)18(27)25-15-9-7-14(8-10-15)20(22,23)24/h1-11H,12H2,(H,25,27). The van der Waals surface area contributed by atoms with Crippen molar-refractivity contribution in [1.82, 2.24) is 4.57 Å². The second kappa shape index (κ2) is 7.67. The largest absolute Gasteiger partial charge is 0.416 e. The molecule has 0 radical (unpaired) electrons. The van der Waals surface area contributed by atoms with Gasteiger partial charge in [0.1, 0.15) is 11.4 Å². The van der Waals surface area contributed by atoms with E-state index >= 15 is 0 Å². The van der Waals surface area contributed by atoms with Gasteiger partial charge in [-0.3, -0.25) is 9.59 Å². The number of alkyl halides is 3. The highest BCUT2D eigenvalue weighted by atomic mass is 19.4. The third-order valence-electron chi connectivity index (χ3n) is 4.03. The third kappa shape index (κ3) is 4.28. The van der Waals surface area contributed by atoms with E-state index in [2.05, 4.69) is 5.32 Å². The highest BCUT2D eigenvalue weighted by Crippen LogP contribution is 2.29. The van der Waals surface area contributed by atoms with Gasteiger partial charge in [-0.15, -0.1) is 0 Å². The van der Waals surface area contributed by atoms with Gasteiger partial charge in [-0.2, -0.15) is 13.2 Å². The summed E-state index contributed by atoms with van der Waals surface area (Å²) < 4.78 is 52.8. The van der Waals surface area contributed by atoms with Crippen LogP contribution in [0.15, 0.2) is 71.7 Å². The van der Waals surface area contributed by atoms with E-state index in [1.54, 1.807) is 6.07 Å². The Labute approximate surface area is 157 Å². The molecule has 28 heavy (non-hydrogen) atoms. The van der Waals surface area contributed by atoms with Crippen LogP contribution in [0.4, 0.5) is 23.2 Å². The second-order valence-electron chi connectivity index (χ2n) is 5.98. The Kier molecular flexibility index (Phi) is 5.30. The number of hydrogen-bond acceptors (Lipinski definition) is 2. The van der Waals surface area contributed by atoms with Crippen molar-refractivity contribution >= 4 is 11.6 Å². The molecule has 0 bridgehead atoms. The molecule has 8 heteroatoms. The molecule has 0 aliphatic rings.